The van der Waals surface area contributed by atoms with Crippen molar-refractivity contribution in [2.24, 2.45) is 5.18 Å². The number of aromatic nitrogens is 4. The molecule has 0 saturated carbocycles. The lowest BCUT2D eigenvalue weighted by atomic mass is 10.0. The third-order valence-electron chi connectivity index (χ3n) is 7.85. The monoisotopic (exact) mass is 539 g/mol. The number of benzene rings is 1. The average Bonchev–Trinajstić information content (AvgIpc) is 3.42. The number of aromatic amines is 1. The number of likely N-dealkylation sites (tertiary alicyclic amines) is 1. The number of piperidine rings is 1. The number of rotatable bonds is 7. The van der Waals surface area contributed by atoms with Gasteiger partial charge >= 0.3 is 0 Å². The Morgan fingerprint density at radius 1 is 1.00 bits per heavy atom. The summed E-state index contributed by atoms with van der Waals surface area (Å²) in [6.45, 7) is 6.38. The smallest absolute Gasteiger partial charge is 0.276 e. The van der Waals surface area contributed by atoms with Crippen LogP contribution in [0.2, 0.25) is 0 Å². The Hall–Kier alpha value is -4.22. The van der Waals surface area contributed by atoms with Crippen LogP contribution in [0.4, 0.5) is 11.5 Å². The van der Waals surface area contributed by atoms with Gasteiger partial charge in [0.2, 0.25) is 0 Å². The van der Waals surface area contributed by atoms with Gasteiger partial charge in [0.15, 0.2) is 5.69 Å². The van der Waals surface area contributed by atoms with E-state index in [2.05, 4.69) is 58.5 Å². The highest BCUT2D eigenvalue weighted by molar-refractivity contribution is 6.11. The lowest BCUT2D eigenvalue weighted by Crippen LogP contribution is -2.44. The first-order chi connectivity index (χ1) is 19.6. The normalized spacial score (nSPS) is 17.3. The van der Waals surface area contributed by atoms with Crippen molar-refractivity contribution in [3.8, 4) is 11.1 Å². The number of nitrogens with one attached hydrogen (secondary N) is 2. The van der Waals surface area contributed by atoms with Crippen LogP contribution in [0.3, 0.4) is 0 Å². The Morgan fingerprint density at radius 2 is 1.82 bits per heavy atom. The van der Waals surface area contributed by atoms with Gasteiger partial charge in [0.05, 0.1) is 23.4 Å². The van der Waals surface area contributed by atoms with Crippen LogP contribution in [0.1, 0.15) is 28.9 Å². The van der Waals surface area contributed by atoms with Crippen molar-refractivity contribution in [3.05, 3.63) is 71.2 Å². The van der Waals surface area contributed by atoms with Gasteiger partial charge in [-0.15, -0.1) is 0 Å². The Kier molecular flexibility index (Phi) is 7.47. The summed E-state index contributed by atoms with van der Waals surface area (Å²) in [5, 5.41) is 14.2. The van der Waals surface area contributed by atoms with E-state index in [-0.39, 0.29) is 11.9 Å². The molecule has 11 heteroatoms. The number of hydrogen-bond donors (Lipinski definition) is 2. The van der Waals surface area contributed by atoms with Gasteiger partial charge in [-0.2, -0.15) is 10.0 Å². The second-order valence-electron chi connectivity index (χ2n) is 10.7. The Morgan fingerprint density at radius 3 is 2.58 bits per heavy atom. The molecule has 5 heterocycles. The number of carbonyl (C=O) groups excluding carboxylic acids is 1. The molecule has 2 aliphatic rings. The molecule has 0 aliphatic carbocycles. The van der Waals surface area contributed by atoms with Crippen LogP contribution in [-0.4, -0.2) is 88.2 Å². The summed E-state index contributed by atoms with van der Waals surface area (Å²) in [6.07, 6.45) is 7.01. The number of nitroso groups, excluding NO2 is 1. The summed E-state index contributed by atoms with van der Waals surface area (Å²) in [4.78, 5) is 39.9. The first-order valence-corrected chi connectivity index (χ1v) is 13.7. The number of H-pyrrole nitrogens is 1. The molecule has 2 fully saturated rings. The zero-order valence-corrected chi connectivity index (χ0v) is 22.6. The van der Waals surface area contributed by atoms with Crippen molar-refractivity contribution >= 4 is 28.3 Å². The van der Waals surface area contributed by atoms with Crippen LogP contribution in [0, 0.1) is 4.91 Å². The summed E-state index contributed by atoms with van der Waals surface area (Å²) < 4.78 is 0. The van der Waals surface area contributed by atoms with Crippen molar-refractivity contribution < 1.29 is 4.79 Å². The summed E-state index contributed by atoms with van der Waals surface area (Å²) in [7, 11) is 2.13. The number of amides is 1. The van der Waals surface area contributed by atoms with Gasteiger partial charge in [-0.3, -0.25) is 19.8 Å². The highest BCUT2D eigenvalue weighted by atomic mass is 16.3. The van der Waals surface area contributed by atoms with E-state index in [0.717, 1.165) is 92.1 Å². The van der Waals surface area contributed by atoms with Crippen molar-refractivity contribution in [1.29, 1.82) is 0 Å². The molecule has 0 unspecified atom stereocenters. The fourth-order valence-corrected chi connectivity index (χ4v) is 5.41. The maximum Gasteiger partial charge on any atom is 0.276 e. The van der Waals surface area contributed by atoms with Crippen LogP contribution < -0.4 is 10.2 Å². The van der Waals surface area contributed by atoms with Crippen LogP contribution >= 0.6 is 0 Å². The molecular weight excluding hydrogens is 506 g/mol. The minimum atomic E-state index is -0.294. The molecule has 6 rings (SSSR count). The minimum Gasteiger partial charge on any atom is -0.354 e. The fraction of sp³-hybridized carbons (Fsp3) is 0.379. The van der Waals surface area contributed by atoms with Crippen molar-refractivity contribution in [3.63, 3.8) is 0 Å². The number of hydrogen-bond acceptors (Lipinski definition) is 9. The predicted molar refractivity (Wildman–Crippen MR) is 155 cm³/mol. The maximum atomic E-state index is 13.2. The van der Waals surface area contributed by atoms with Crippen LogP contribution in [0.5, 0.6) is 0 Å². The molecule has 206 valence electrons. The molecular formula is C29H33N9O2. The molecule has 2 N–H and O–H groups in total. The number of carbonyl (C=O) groups is 1. The Labute approximate surface area is 232 Å². The van der Waals surface area contributed by atoms with Crippen molar-refractivity contribution in [2.45, 2.75) is 25.4 Å². The van der Waals surface area contributed by atoms with Gasteiger partial charge in [-0.25, -0.2) is 4.98 Å². The molecule has 3 aromatic heterocycles. The molecule has 11 nitrogen and oxygen atoms in total. The molecule has 2 aliphatic heterocycles. The molecule has 0 atom stereocenters. The van der Waals surface area contributed by atoms with Crippen LogP contribution in [-0.2, 0) is 6.54 Å². The number of likely N-dealkylation sites (N-methyl/N-ethyl adjacent to an activating group) is 1. The third kappa shape index (κ3) is 5.70. The van der Waals surface area contributed by atoms with E-state index in [9.17, 15) is 9.70 Å². The molecule has 0 bridgehead atoms. The second kappa shape index (κ2) is 11.5. The number of piperazine rings is 1. The van der Waals surface area contributed by atoms with E-state index in [1.807, 2.05) is 42.7 Å². The van der Waals surface area contributed by atoms with E-state index in [0.29, 0.717) is 11.4 Å². The first-order valence-electron chi connectivity index (χ1n) is 13.7. The SMILES string of the molecule is CN1CCN(c2ccc(NC(=O)c3n[nH]c4ccc(-c5cncc(CN6CCC(N=O)CC6)c5)cc34)cn2)CC1. The highest BCUT2D eigenvalue weighted by Gasteiger charge is 2.20. The number of pyridine rings is 2. The zero-order chi connectivity index (χ0) is 27.5. The number of nitrogens with zero attached hydrogens (tertiary/aromatic N) is 7. The lowest BCUT2D eigenvalue weighted by molar-refractivity contribution is 0.102. The Bertz CT molecular complexity index is 1490. The molecule has 0 spiro atoms. The first kappa shape index (κ1) is 26.0. The summed E-state index contributed by atoms with van der Waals surface area (Å²) >= 11 is 0. The van der Waals surface area contributed by atoms with E-state index in [1.54, 1.807) is 6.20 Å². The quantitative estimate of drug-likeness (QED) is 0.341. The van der Waals surface area contributed by atoms with Gasteiger partial charge in [-0.1, -0.05) is 11.2 Å². The molecule has 0 radical (unpaired) electrons. The van der Waals surface area contributed by atoms with Gasteiger partial charge in [-0.05, 0) is 61.3 Å². The lowest BCUT2D eigenvalue weighted by Gasteiger charge is -2.33. The van der Waals surface area contributed by atoms with Gasteiger partial charge in [0, 0.05) is 69.2 Å². The van der Waals surface area contributed by atoms with Crippen LogP contribution in [0.25, 0.3) is 22.0 Å². The van der Waals surface area contributed by atoms with Gasteiger partial charge < -0.3 is 15.1 Å². The number of fused-ring (bicyclic) bond motifs is 1. The van der Waals surface area contributed by atoms with Crippen molar-refractivity contribution in [1.82, 2.24) is 30.0 Å². The predicted octanol–water partition coefficient (Wildman–Crippen LogP) is 3.75. The molecule has 1 aromatic carbocycles. The third-order valence-corrected chi connectivity index (χ3v) is 7.85. The van der Waals surface area contributed by atoms with Crippen LogP contribution in [0.15, 0.2) is 60.2 Å². The topological polar surface area (TPSA) is 123 Å². The van der Waals surface area contributed by atoms with Crippen molar-refractivity contribution in [2.75, 3.05) is 56.5 Å². The fourth-order valence-electron chi connectivity index (χ4n) is 5.41. The van der Waals surface area contributed by atoms with Gasteiger partial charge in [0.1, 0.15) is 5.82 Å². The summed E-state index contributed by atoms with van der Waals surface area (Å²) in [5.74, 6) is 0.622. The average molecular weight is 540 g/mol. The van der Waals surface area contributed by atoms with E-state index >= 15 is 0 Å². The molecule has 1 amide bonds. The number of anilines is 2. The molecule has 4 aromatic rings. The highest BCUT2D eigenvalue weighted by Crippen LogP contribution is 2.27. The van der Waals surface area contributed by atoms with Gasteiger partial charge in [0.25, 0.3) is 5.91 Å². The standard InChI is InChI=1S/C29H33N9O2/c1-36-10-12-38(13-11-36)27-5-3-24(18-31-27)32-29(39)28-25-15-21(2-4-26(25)33-34-28)22-14-20(16-30-17-22)19-37-8-6-23(35-40)7-9-37/h2-5,14-18,23H,6-13,19H2,1H3,(H,32,39)(H,33,34). The Balaban J connectivity index is 1.15. The minimum absolute atomic E-state index is 0.0634. The van der Waals surface area contributed by atoms with E-state index in [1.165, 1.54) is 0 Å². The largest absolute Gasteiger partial charge is 0.354 e. The summed E-state index contributed by atoms with van der Waals surface area (Å²) in [6, 6.07) is 11.8. The van der Waals surface area contributed by atoms with E-state index in [4.69, 9.17) is 0 Å². The van der Waals surface area contributed by atoms with E-state index < -0.39 is 0 Å². The molecule has 2 saturated heterocycles. The second-order valence-corrected chi connectivity index (χ2v) is 10.7. The maximum absolute atomic E-state index is 13.2. The zero-order valence-electron chi connectivity index (χ0n) is 22.6. The summed E-state index contributed by atoms with van der Waals surface area (Å²) in [5.41, 5.74) is 4.77. The molecule has 40 heavy (non-hydrogen) atoms.